The summed E-state index contributed by atoms with van der Waals surface area (Å²) in [6, 6.07) is 7.12. The Hall–Kier alpha value is -2.03. The maximum atomic E-state index is 13.1. The Bertz CT molecular complexity index is 890. The van der Waals surface area contributed by atoms with E-state index in [2.05, 4.69) is 10.3 Å². The fourth-order valence-electron chi connectivity index (χ4n) is 3.03. The van der Waals surface area contributed by atoms with Gasteiger partial charge in [-0.25, -0.2) is 8.42 Å². The number of carbonyl (C=O) groups is 1. The first-order valence-electron chi connectivity index (χ1n) is 8.21. The quantitative estimate of drug-likeness (QED) is 0.861. The van der Waals surface area contributed by atoms with Crippen molar-refractivity contribution < 1.29 is 13.2 Å². The lowest BCUT2D eigenvalue weighted by Crippen LogP contribution is -2.52. The summed E-state index contributed by atoms with van der Waals surface area (Å²) < 4.78 is 27.6. The Kier molecular flexibility index (Phi) is 5.03. The van der Waals surface area contributed by atoms with Gasteiger partial charge in [-0.2, -0.15) is 4.31 Å². The largest absolute Gasteiger partial charge is 0.339 e. The van der Waals surface area contributed by atoms with Gasteiger partial charge in [0, 0.05) is 37.8 Å². The molecule has 134 valence electrons. The van der Waals surface area contributed by atoms with E-state index in [9.17, 15) is 13.2 Å². The molecule has 0 radical (unpaired) electrons. The molecule has 0 atom stereocenters. The molecule has 0 bridgehead atoms. The Labute approximate surface area is 147 Å². The number of likely N-dealkylation sites (N-methyl/N-ethyl adjacent to an activating group) is 1. The van der Waals surface area contributed by atoms with E-state index in [0.717, 1.165) is 10.9 Å². The number of carbonyl (C=O) groups excluding carboxylic acids is 1. The number of nitrogens with zero attached hydrogens (tertiary/aromatic N) is 3. The number of sulfonamides is 1. The molecule has 8 heteroatoms. The van der Waals surface area contributed by atoms with Crippen LogP contribution in [0.2, 0.25) is 0 Å². The van der Waals surface area contributed by atoms with Crippen molar-refractivity contribution in [1.82, 2.24) is 19.5 Å². The number of hydrogen-bond acceptors (Lipinski definition) is 5. The van der Waals surface area contributed by atoms with Gasteiger partial charge in [0.2, 0.25) is 15.9 Å². The molecule has 3 rings (SSSR count). The molecule has 7 nitrogen and oxygen atoms in total. The number of para-hydroxylation sites is 1. The van der Waals surface area contributed by atoms with E-state index >= 15 is 0 Å². The third kappa shape index (κ3) is 3.51. The molecule has 1 saturated heterocycles. The first kappa shape index (κ1) is 17.8. The van der Waals surface area contributed by atoms with Crippen LogP contribution < -0.4 is 5.32 Å². The second-order valence-electron chi connectivity index (χ2n) is 6.16. The molecule has 0 aliphatic carbocycles. The normalized spacial score (nSPS) is 16.3. The molecule has 0 unspecified atom stereocenters. The SMILES string of the molecule is CNCC(=O)N1CCN(S(=O)(=O)c2cccc3cc(C)cnc23)CC1. The van der Waals surface area contributed by atoms with Crippen LogP contribution in [0.25, 0.3) is 10.9 Å². The standard InChI is InChI=1S/C17H22N4O3S/c1-13-10-14-4-3-5-15(17(14)19-11-13)25(23,24)21-8-6-20(7-9-21)16(22)12-18-2/h3-5,10-11,18H,6-9,12H2,1-2H3. The molecule has 1 amide bonds. The maximum Gasteiger partial charge on any atom is 0.245 e. The van der Waals surface area contributed by atoms with Crippen LogP contribution in [0.1, 0.15) is 5.56 Å². The van der Waals surface area contributed by atoms with Crippen molar-refractivity contribution in [1.29, 1.82) is 0 Å². The number of nitrogens with one attached hydrogen (secondary N) is 1. The minimum Gasteiger partial charge on any atom is -0.339 e. The minimum absolute atomic E-state index is 0.0122. The second-order valence-corrected chi connectivity index (χ2v) is 8.06. The molecule has 1 aliphatic heterocycles. The van der Waals surface area contributed by atoms with Crippen LogP contribution >= 0.6 is 0 Å². The Balaban J connectivity index is 1.85. The molecule has 0 saturated carbocycles. The zero-order valence-corrected chi connectivity index (χ0v) is 15.2. The van der Waals surface area contributed by atoms with Gasteiger partial charge in [0.25, 0.3) is 0 Å². The minimum atomic E-state index is -3.65. The van der Waals surface area contributed by atoms with E-state index in [1.54, 1.807) is 30.3 Å². The van der Waals surface area contributed by atoms with Crippen LogP contribution in [0.4, 0.5) is 0 Å². The average molecular weight is 362 g/mol. The molecule has 0 spiro atoms. The van der Waals surface area contributed by atoms with Gasteiger partial charge in [0.1, 0.15) is 4.90 Å². The van der Waals surface area contributed by atoms with E-state index in [1.165, 1.54) is 4.31 Å². The van der Waals surface area contributed by atoms with Crippen molar-refractivity contribution in [2.45, 2.75) is 11.8 Å². The van der Waals surface area contributed by atoms with Crippen LogP contribution in [0.15, 0.2) is 35.4 Å². The number of fused-ring (bicyclic) bond motifs is 1. The van der Waals surface area contributed by atoms with Crippen LogP contribution in [0, 0.1) is 6.92 Å². The van der Waals surface area contributed by atoms with Gasteiger partial charge in [-0.15, -0.1) is 0 Å². The van der Waals surface area contributed by atoms with Gasteiger partial charge >= 0.3 is 0 Å². The number of hydrogen-bond donors (Lipinski definition) is 1. The number of aryl methyl sites for hydroxylation is 1. The highest BCUT2D eigenvalue weighted by Gasteiger charge is 2.31. The molecular formula is C17H22N4O3S. The fourth-order valence-corrected chi connectivity index (χ4v) is 4.62. The molecule has 1 fully saturated rings. The van der Waals surface area contributed by atoms with Gasteiger partial charge in [-0.05, 0) is 31.7 Å². The number of piperazine rings is 1. The summed E-state index contributed by atoms with van der Waals surface area (Å²) in [5.41, 5.74) is 1.47. The van der Waals surface area contributed by atoms with E-state index in [4.69, 9.17) is 0 Å². The van der Waals surface area contributed by atoms with Gasteiger partial charge in [-0.3, -0.25) is 9.78 Å². The molecular weight excluding hydrogens is 340 g/mol. The number of rotatable bonds is 4. The van der Waals surface area contributed by atoms with E-state index in [-0.39, 0.29) is 17.3 Å². The van der Waals surface area contributed by atoms with Crippen LogP contribution in [0.3, 0.4) is 0 Å². The van der Waals surface area contributed by atoms with Crippen LogP contribution in [-0.2, 0) is 14.8 Å². The smallest absolute Gasteiger partial charge is 0.245 e. The number of amides is 1. The summed E-state index contributed by atoms with van der Waals surface area (Å²) >= 11 is 0. The van der Waals surface area contributed by atoms with Gasteiger partial charge < -0.3 is 10.2 Å². The Morgan fingerprint density at radius 1 is 1.24 bits per heavy atom. The summed E-state index contributed by atoms with van der Waals surface area (Å²) in [5.74, 6) is -0.0122. The zero-order chi connectivity index (χ0) is 18.0. The van der Waals surface area contributed by atoms with Gasteiger partial charge in [0.05, 0.1) is 12.1 Å². The van der Waals surface area contributed by atoms with Crippen molar-refractivity contribution in [2.24, 2.45) is 0 Å². The van der Waals surface area contributed by atoms with Crippen molar-refractivity contribution in [3.8, 4) is 0 Å². The molecule has 1 aliphatic rings. The Morgan fingerprint density at radius 3 is 2.64 bits per heavy atom. The topological polar surface area (TPSA) is 82.6 Å². The van der Waals surface area contributed by atoms with Crippen LogP contribution in [-0.4, -0.2) is 68.3 Å². The lowest BCUT2D eigenvalue weighted by Gasteiger charge is -2.34. The summed E-state index contributed by atoms with van der Waals surface area (Å²) in [4.78, 5) is 18.2. The van der Waals surface area contributed by atoms with E-state index in [1.807, 2.05) is 19.1 Å². The second kappa shape index (κ2) is 7.07. The predicted octanol–water partition coefficient (Wildman–Crippen LogP) is 0.596. The highest BCUT2D eigenvalue weighted by atomic mass is 32.2. The van der Waals surface area contributed by atoms with Gasteiger partial charge in [0.15, 0.2) is 0 Å². The molecule has 1 aromatic heterocycles. The van der Waals surface area contributed by atoms with E-state index in [0.29, 0.717) is 31.7 Å². The fraction of sp³-hybridized carbons (Fsp3) is 0.412. The zero-order valence-electron chi connectivity index (χ0n) is 14.4. The first-order valence-corrected chi connectivity index (χ1v) is 9.65. The van der Waals surface area contributed by atoms with Crippen molar-refractivity contribution in [2.75, 3.05) is 39.8 Å². The molecule has 2 heterocycles. The highest BCUT2D eigenvalue weighted by Crippen LogP contribution is 2.25. The van der Waals surface area contributed by atoms with Crippen molar-refractivity contribution in [3.05, 3.63) is 36.0 Å². The number of aromatic nitrogens is 1. The summed E-state index contributed by atoms with van der Waals surface area (Å²) in [6.07, 6.45) is 1.68. The Morgan fingerprint density at radius 2 is 1.96 bits per heavy atom. The van der Waals surface area contributed by atoms with Crippen molar-refractivity contribution in [3.63, 3.8) is 0 Å². The maximum absolute atomic E-state index is 13.1. The molecule has 1 aromatic carbocycles. The molecule has 1 N–H and O–H groups in total. The van der Waals surface area contributed by atoms with Crippen molar-refractivity contribution >= 4 is 26.8 Å². The lowest BCUT2D eigenvalue weighted by atomic mass is 10.2. The third-order valence-electron chi connectivity index (χ3n) is 4.35. The van der Waals surface area contributed by atoms with E-state index < -0.39 is 10.0 Å². The first-order chi connectivity index (χ1) is 11.9. The lowest BCUT2D eigenvalue weighted by molar-refractivity contribution is -0.131. The number of benzene rings is 1. The van der Waals surface area contributed by atoms with Gasteiger partial charge in [-0.1, -0.05) is 12.1 Å². The monoisotopic (exact) mass is 362 g/mol. The highest BCUT2D eigenvalue weighted by molar-refractivity contribution is 7.89. The molecule has 2 aromatic rings. The summed E-state index contributed by atoms with van der Waals surface area (Å²) in [6.45, 7) is 3.57. The summed E-state index contributed by atoms with van der Waals surface area (Å²) in [7, 11) is -1.93. The van der Waals surface area contributed by atoms with Crippen LogP contribution in [0.5, 0.6) is 0 Å². The predicted molar refractivity (Wildman–Crippen MR) is 95.7 cm³/mol. The molecule has 25 heavy (non-hydrogen) atoms. The average Bonchev–Trinajstić information content (AvgIpc) is 2.61. The third-order valence-corrected chi connectivity index (χ3v) is 6.28. The summed E-state index contributed by atoms with van der Waals surface area (Å²) in [5, 5.41) is 3.63. The number of pyridine rings is 1.